The molecule has 0 fully saturated rings. The third-order valence-electron chi connectivity index (χ3n) is 3.96. The average Bonchev–Trinajstić information content (AvgIpc) is 3.00. The Hall–Kier alpha value is -3.29. The highest BCUT2D eigenvalue weighted by atomic mass is 16.5. The molecule has 1 aromatic carbocycles. The van der Waals surface area contributed by atoms with Crippen molar-refractivity contribution in [1.82, 2.24) is 20.4 Å². The quantitative estimate of drug-likeness (QED) is 0.745. The Morgan fingerprint density at radius 2 is 1.73 bits per heavy atom. The van der Waals surface area contributed by atoms with E-state index in [1.807, 2.05) is 13.8 Å². The fraction of sp³-hybridized carbons (Fsp3) is 0.278. The first-order chi connectivity index (χ1) is 12.3. The summed E-state index contributed by atoms with van der Waals surface area (Å²) in [6.45, 7) is 7.07. The maximum Gasteiger partial charge on any atom is 0.251 e. The van der Waals surface area contributed by atoms with Crippen molar-refractivity contribution < 1.29 is 14.1 Å². The van der Waals surface area contributed by atoms with E-state index in [1.165, 1.54) is 0 Å². The molecule has 8 nitrogen and oxygen atoms in total. The summed E-state index contributed by atoms with van der Waals surface area (Å²) in [5.74, 6) is 0.129. The van der Waals surface area contributed by atoms with Crippen LogP contribution >= 0.6 is 0 Å². The van der Waals surface area contributed by atoms with E-state index in [-0.39, 0.29) is 5.91 Å². The molecule has 2 aromatic heterocycles. The number of nitrogens with zero attached hydrogens (tertiary/aromatic N) is 3. The number of benzene rings is 1. The molecule has 2 heterocycles. The SMILES string of the molecule is Cc1cc(NC(=O)[C@H](C)NC(=O)c2ccc3nc(C)c(C)nc3c2)no1. The molecular weight excluding hydrogens is 334 g/mol. The predicted molar refractivity (Wildman–Crippen MR) is 95.8 cm³/mol. The van der Waals surface area contributed by atoms with E-state index in [2.05, 4.69) is 25.8 Å². The summed E-state index contributed by atoms with van der Waals surface area (Å²) in [6.07, 6.45) is 0. The van der Waals surface area contributed by atoms with Crippen LogP contribution in [-0.4, -0.2) is 33.0 Å². The first-order valence-electron chi connectivity index (χ1n) is 8.13. The molecule has 3 rings (SSSR count). The van der Waals surface area contributed by atoms with Gasteiger partial charge in [-0.1, -0.05) is 5.16 Å². The van der Waals surface area contributed by atoms with Crippen molar-refractivity contribution in [2.24, 2.45) is 0 Å². The molecule has 0 bridgehead atoms. The van der Waals surface area contributed by atoms with Crippen LogP contribution in [0, 0.1) is 20.8 Å². The number of fused-ring (bicyclic) bond motifs is 1. The number of hydrogen-bond donors (Lipinski definition) is 2. The van der Waals surface area contributed by atoms with Crippen LogP contribution in [-0.2, 0) is 4.79 Å². The number of carbonyl (C=O) groups is 2. The van der Waals surface area contributed by atoms with Crippen LogP contribution in [0.2, 0.25) is 0 Å². The minimum Gasteiger partial charge on any atom is -0.360 e. The van der Waals surface area contributed by atoms with Gasteiger partial charge in [-0.05, 0) is 45.9 Å². The van der Waals surface area contributed by atoms with Gasteiger partial charge in [0.25, 0.3) is 5.91 Å². The maximum absolute atomic E-state index is 12.4. The summed E-state index contributed by atoms with van der Waals surface area (Å²) < 4.78 is 4.89. The predicted octanol–water partition coefficient (Wildman–Crippen LogP) is 2.30. The number of nitrogens with one attached hydrogen (secondary N) is 2. The lowest BCUT2D eigenvalue weighted by atomic mass is 10.1. The van der Waals surface area contributed by atoms with Crippen molar-refractivity contribution in [3.05, 3.63) is 47.0 Å². The van der Waals surface area contributed by atoms with E-state index in [9.17, 15) is 9.59 Å². The number of carbonyl (C=O) groups excluding carboxylic acids is 2. The van der Waals surface area contributed by atoms with E-state index in [4.69, 9.17) is 4.52 Å². The second-order valence-electron chi connectivity index (χ2n) is 6.11. The van der Waals surface area contributed by atoms with Gasteiger partial charge in [0, 0.05) is 11.6 Å². The lowest BCUT2D eigenvalue weighted by Crippen LogP contribution is -2.41. The zero-order valence-corrected chi connectivity index (χ0v) is 15.0. The molecule has 2 N–H and O–H groups in total. The molecule has 0 saturated carbocycles. The number of aromatic nitrogens is 3. The van der Waals surface area contributed by atoms with Crippen molar-refractivity contribution >= 4 is 28.7 Å². The summed E-state index contributed by atoms with van der Waals surface area (Å²) in [5, 5.41) is 8.93. The molecule has 26 heavy (non-hydrogen) atoms. The van der Waals surface area contributed by atoms with E-state index in [0.29, 0.717) is 22.7 Å². The van der Waals surface area contributed by atoms with Gasteiger partial charge in [0.2, 0.25) is 5.91 Å². The van der Waals surface area contributed by atoms with Crippen molar-refractivity contribution in [3.8, 4) is 0 Å². The number of rotatable bonds is 4. The highest BCUT2D eigenvalue weighted by Gasteiger charge is 2.18. The van der Waals surface area contributed by atoms with Gasteiger partial charge in [0.15, 0.2) is 5.82 Å². The molecule has 0 aliphatic rings. The lowest BCUT2D eigenvalue weighted by molar-refractivity contribution is -0.117. The zero-order valence-electron chi connectivity index (χ0n) is 15.0. The van der Waals surface area contributed by atoms with Crippen LogP contribution in [0.5, 0.6) is 0 Å². The van der Waals surface area contributed by atoms with E-state index >= 15 is 0 Å². The Balaban J connectivity index is 1.71. The van der Waals surface area contributed by atoms with Gasteiger partial charge in [-0.2, -0.15) is 0 Å². The molecule has 0 unspecified atom stereocenters. The Morgan fingerprint density at radius 1 is 1.04 bits per heavy atom. The maximum atomic E-state index is 12.4. The number of amides is 2. The summed E-state index contributed by atoms with van der Waals surface area (Å²) in [5.41, 5.74) is 3.42. The van der Waals surface area contributed by atoms with E-state index < -0.39 is 11.9 Å². The molecular formula is C18H19N5O3. The molecule has 8 heteroatoms. The van der Waals surface area contributed by atoms with Gasteiger partial charge in [-0.3, -0.25) is 9.59 Å². The molecule has 0 spiro atoms. The lowest BCUT2D eigenvalue weighted by Gasteiger charge is -2.13. The van der Waals surface area contributed by atoms with Gasteiger partial charge < -0.3 is 15.2 Å². The van der Waals surface area contributed by atoms with Crippen LogP contribution in [0.25, 0.3) is 11.0 Å². The van der Waals surface area contributed by atoms with Crippen molar-refractivity contribution in [2.75, 3.05) is 5.32 Å². The zero-order chi connectivity index (χ0) is 18.8. The normalized spacial score (nSPS) is 12.0. The third-order valence-corrected chi connectivity index (χ3v) is 3.96. The van der Waals surface area contributed by atoms with Crippen LogP contribution in [0.4, 0.5) is 5.82 Å². The van der Waals surface area contributed by atoms with E-state index in [0.717, 1.165) is 16.9 Å². The second kappa shape index (κ2) is 6.91. The summed E-state index contributed by atoms with van der Waals surface area (Å²) in [4.78, 5) is 33.5. The summed E-state index contributed by atoms with van der Waals surface area (Å²) >= 11 is 0. The number of anilines is 1. The van der Waals surface area contributed by atoms with Crippen LogP contribution in [0.15, 0.2) is 28.8 Å². The number of hydrogen-bond acceptors (Lipinski definition) is 6. The Bertz CT molecular complexity index is 996. The van der Waals surface area contributed by atoms with Gasteiger partial charge in [0.1, 0.15) is 11.8 Å². The molecule has 0 aliphatic heterocycles. The Morgan fingerprint density at radius 3 is 2.38 bits per heavy atom. The van der Waals surface area contributed by atoms with Gasteiger partial charge >= 0.3 is 0 Å². The van der Waals surface area contributed by atoms with E-state index in [1.54, 1.807) is 38.1 Å². The third kappa shape index (κ3) is 3.69. The fourth-order valence-electron chi connectivity index (χ4n) is 2.38. The summed E-state index contributed by atoms with van der Waals surface area (Å²) in [7, 11) is 0. The number of aryl methyl sites for hydroxylation is 3. The monoisotopic (exact) mass is 353 g/mol. The van der Waals surface area contributed by atoms with Crippen molar-refractivity contribution in [2.45, 2.75) is 33.7 Å². The van der Waals surface area contributed by atoms with Crippen molar-refractivity contribution in [3.63, 3.8) is 0 Å². The smallest absolute Gasteiger partial charge is 0.251 e. The standard InChI is InChI=1S/C18H19N5O3/c1-9-7-16(23-26-9)22-17(24)12(4)21-18(25)13-5-6-14-15(8-13)20-11(3)10(2)19-14/h5-8,12H,1-4H3,(H,21,25)(H,22,23,24)/t12-/m0/s1. The first kappa shape index (κ1) is 17.5. The first-order valence-corrected chi connectivity index (χ1v) is 8.13. The molecule has 1 atom stereocenters. The van der Waals surface area contributed by atoms with Crippen LogP contribution < -0.4 is 10.6 Å². The molecule has 0 aliphatic carbocycles. The molecule has 2 amide bonds. The highest BCUT2D eigenvalue weighted by Crippen LogP contribution is 2.15. The molecule has 0 saturated heterocycles. The Labute approximate surface area is 150 Å². The molecule has 3 aromatic rings. The average molecular weight is 353 g/mol. The summed E-state index contributed by atoms with van der Waals surface area (Å²) in [6, 6.07) is 5.91. The topological polar surface area (TPSA) is 110 Å². The van der Waals surface area contributed by atoms with Crippen LogP contribution in [0.1, 0.15) is 34.4 Å². The largest absolute Gasteiger partial charge is 0.360 e. The molecule has 0 radical (unpaired) electrons. The fourth-order valence-corrected chi connectivity index (χ4v) is 2.38. The van der Waals surface area contributed by atoms with Crippen molar-refractivity contribution in [1.29, 1.82) is 0 Å². The minimum absolute atomic E-state index is 0.306. The van der Waals surface area contributed by atoms with Gasteiger partial charge in [-0.25, -0.2) is 9.97 Å². The minimum atomic E-state index is -0.749. The highest BCUT2D eigenvalue weighted by molar-refractivity contribution is 6.02. The van der Waals surface area contributed by atoms with Gasteiger partial charge in [0.05, 0.1) is 22.4 Å². The van der Waals surface area contributed by atoms with Gasteiger partial charge in [-0.15, -0.1) is 0 Å². The second-order valence-corrected chi connectivity index (χ2v) is 6.11. The molecule has 134 valence electrons. The Kier molecular flexibility index (Phi) is 4.66. The van der Waals surface area contributed by atoms with Crippen LogP contribution in [0.3, 0.4) is 0 Å².